The minimum atomic E-state index is -1.23. The first-order valence-corrected chi connectivity index (χ1v) is 11.3. The molecule has 36 heavy (non-hydrogen) atoms. The van der Waals surface area contributed by atoms with Crippen LogP contribution in [0.2, 0.25) is 0 Å². The second kappa shape index (κ2) is 9.71. The van der Waals surface area contributed by atoms with Crippen LogP contribution in [0.1, 0.15) is 21.6 Å². The number of benzene rings is 3. The molecule has 1 atom stereocenters. The molecule has 2 amide bonds. The fraction of sp³-hybridized carbons (Fsp3) is 0.0714. The number of amides is 2. The second-order valence-electron chi connectivity index (χ2n) is 8.20. The Hall–Kier alpha value is -4.98. The molecule has 1 unspecified atom stereocenters. The lowest BCUT2D eigenvalue weighted by Gasteiger charge is -2.24. The van der Waals surface area contributed by atoms with E-state index in [0.717, 1.165) is 22.5 Å². The van der Waals surface area contributed by atoms with E-state index in [9.17, 15) is 14.4 Å². The molecule has 3 N–H and O–H groups in total. The van der Waals surface area contributed by atoms with E-state index < -0.39 is 23.9 Å². The first-order valence-electron chi connectivity index (χ1n) is 11.3. The molecule has 0 bridgehead atoms. The minimum absolute atomic E-state index is 0.00149. The molecule has 1 aliphatic heterocycles. The largest absolute Gasteiger partial charge is 0.478 e. The molecule has 178 valence electrons. The number of para-hydroxylation sites is 2. The van der Waals surface area contributed by atoms with Crippen molar-refractivity contribution in [1.82, 2.24) is 10.3 Å². The Morgan fingerprint density at radius 1 is 1.00 bits per heavy atom. The van der Waals surface area contributed by atoms with Crippen LogP contribution in [0.3, 0.4) is 0 Å². The molecule has 5 rings (SSSR count). The Morgan fingerprint density at radius 3 is 2.50 bits per heavy atom. The molecule has 8 heteroatoms. The minimum Gasteiger partial charge on any atom is -0.478 e. The summed E-state index contributed by atoms with van der Waals surface area (Å²) in [7, 11) is 0. The van der Waals surface area contributed by atoms with Gasteiger partial charge in [-0.05, 0) is 18.2 Å². The summed E-state index contributed by atoms with van der Waals surface area (Å²) in [4.78, 5) is 47.2. The van der Waals surface area contributed by atoms with E-state index in [2.05, 4.69) is 10.3 Å². The van der Waals surface area contributed by atoms with Crippen LogP contribution >= 0.6 is 0 Å². The van der Waals surface area contributed by atoms with Crippen molar-refractivity contribution in [2.75, 3.05) is 11.4 Å². The number of carboxylic acids is 1. The van der Waals surface area contributed by atoms with Crippen molar-refractivity contribution in [1.29, 1.82) is 0 Å². The number of benzodiazepines with no additional fused rings is 1. The maximum atomic E-state index is 13.7. The Morgan fingerprint density at radius 2 is 1.72 bits per heavy atom. The van der Waals surface area contributed by atoms with Gasteiger partial charge in [-0.3, -0.25) is 9.59 Å². The number of nitrogens with one attached hydrogen (secondary N) is 2. The van der Waals surface area contributed by atoms with Crippen LogP contribution in [-0.2, 0) is 9.59 Å². The molecule has 0 saturated carbocycles. The lowest BCUT2D eigenvalue weighted by atomic mass is 10.0. The molecule has 1 aliphatic rings. The average molecular weight is 479 g/mol. The van der Waals surface area contributed by atoms with Gasteiger partial charge in [-0.15, -0.1) is 0 Å². The molecule has 1 aromatic heterocycles. The van der Waals surface area contributed by atoms with Gasteiger partial charge < -0.3 is 20.3 Å². The van der Waals surface area contributed by atoms with Crippen LogP contribution in [0.4, 0.5) is 5.69 Å². The third-order valence-electron chi connectivity index (χ3n) is 5.85. The summed E-state index contributed by atoms with van der Waals surface area (Å²) in [5.41, 5.74) is 3.71. The van der Waals surface area contributed by atoms with Gasteiger partial charge in [0.2, 0.25) is 6.17 Å². The predicted molar refractivity (Wildman–Crippen MR) is 137 cm³/mol. The van der Waals surface area contributed by atoms with Crippen LogP contribution in [0.25, 0.3) is 10.9 Å². The van der Waals surface area contributed by atoms with Crippen molar-refractivity contribution >= 4 is 40.1 Å². The summed E-state index contributed by atoms with van der Waals surface area (Å²) in [6.07, 6.45) is 1.14. The molecule has 0 fully saturated rings. The summed E-state index contributed by atoms with van der Waals surface area (Å²) < 4.78 is 0. The number of aromatic amines is 1. The first kappa shape index (κ1) is 22.8. The number of aromatic nitrogens is 1. The summed E-state index contributed by atoms with van der Waals surface area (Å²) in [6, 6.07) is 25.9. The van der Waals surface area contributed by atoms with Gasteiger partial charge in [0.05, 0.1) is 11.4 Å². The average Bonchev–Trinajstić information content (AvgIpc) is 3.29. The zero-order valence-electron chi connectivity index (χ0n) is 19.1. The van der Waals surface area contributed by atoms with E-state index in [0.29, 0.717) is 22.7 Å². The summed E-state index contributed by atoms with van der Waals surface area (Å²) in [5.74, 6) is -2.07. The van der Waals surface area contributed by atoms with Gasteiger partial charge in [-0.2, -0.15) is 0 Å². The normalized spacial score (nSPS) is 15.4. The zero-order chi connectivity index (χ0) is 25.1. The van der Waals surface area contributed by atoms with E-state index >= 15 is 0 Å². The van der Waals surface area contributed by atoms with E-state index in [4.69, 9.17) is 10.1 Å². The van der Waals surface area contributed by atoms with Gasteiger partial charge in [0.25, 0.3) is 11.8 Å². The number of fused-ring (bicyclic) bond motifs is 2. The van der Waals surface area contributed by atoms with E-state index in [1.165, 1.54) is 11.0 Å². The molecule has 4 aromatic rings. The van der Waals surface area contributed by atoms with Crippen molar-refractivity contribution < 1.29 is 19.5 Å². The van der Waals surface area contributed by atoms with Gasteiger partial charge >= 0.3 is 5.97 Å². The molecular formula is C28H22N4O4. The Kier molecular flexibility index (Phi) is 6.15. The van der Waals surface area contributed by atoms with Crippen LogP contribution in [-0.4, -0.2) is 46.3 Å². The SMILES string of the molecule is O=C(O)/C=C/CN1C(=O)C(NC(=O)c2cc3ccccc3[nH]2)N=C(c2ccccc2)c2ccccc21. The van der Waals surface area contributed by atoms with Gasteiger partial charge in [-0.1, -0.05) is 72.8 Å². The number of carboxylic acid groups (broad SMARTS) is 1. The molecule has 0 aliphatic carbocycles. The number of carbonyl (C=O) groups excluding carboxylic acids is 2. The van der Waals surface area contributed by atoms with Crippen LogP contribution < -0.4 is 10.2 Å². The topological polar surface area (TPSA) is 115 Å². The highest BCUT2D eigenvalue weighted by Gasteiger charge is 2.33. The number of anilines is 1. The van der Waals surface area contributed by atoms with Crippen molar-refractivity contribution in [3.63, 3.8) is 0 Å². The number of hydrogen-bond donors (Lipinski definition) is 3. The Bertz CT molecular complexity index is 1490. The molecule has 0 saturated heterocycles. The van der Waals surface area contributed by atoms with Crippen LogP contribution in [0, 0.1) is 0 Å². The van der Waals surface area contributed by atoms with E-state index in [1.807, 2.05) is 66.7 Å². The third kappa shape index (κ3) is 4.52. The van der Waals surface area contributed by atoms with Gasteiger partial charge in [0.15, 0.2) is 0 Å². The van der Waals surface area contributed by atoms with Crippen LogP contribution in [0.15, 0.2) is 102 Å². The summed E-state index contributed by atoms with van der Waals surface area (Å²) in [5, 5.41) is 12.7. The third-order valence-corrected chi connectivity index (χ3v) is 5.85. The summed E-state index contributed by atoms with van der Waals surface area (Å²) >= 11 is 0. The van der Waals surface area contributed by atoms with Gasteiger partial charge in [-0.25, -0.2) is 9.79 Å². The first-order chi connectivity index (χ1) is 17.5. The number of aliphatic imine (C=N–C) groups is 1. The number of hydrogen-bond acceptors (Lipinski definition) is 4. The predicted octanol–water partition coefficient (Wildman–Crippen LogP) is 3.75. The number of rotatable bonds is 6. The molecule has 8 nitrogen and oxygen atoms in total. The maximum absolute atomic E-state index is 13.7. The molecule has 2 heterocycles. The van der Waals surface area contributed by atoms with Crippen molar-refractivity contribution in [2.24, 2.45) is 4.99 Å². The molecule has 0 spiro atoms. The standard InChI is InChI=1S/C28H22N4O4/c33-24(34)15-8-16-32-23-14-7-5-12-20(23)25(18-9-2-1-3-10-18)30-26(28(32)36)31-27(35)22-17-19-11-4-6-13-21(19)29-22/h1-15,17,26,29H,16H2,(H,31,35)(H,33,34)/b15-8+. The Balaban J connectivity index is 1.57. The summed E-state index contributed by atoms with van der Waals surface area (Å²) in [6.45, 7) is -0.00149. The van der Waals surface area contributed by atoms with Crippen LogP contribution in [0.5, 0.6) is 0 Å². The highest BCUT2D eigenvalue weighted by atomic mass is 16.4. The number of carbonyl (C=O) groups is 3. The highest BCUT2D eigenvalue weighted by molar-refractivity contribution is 6.20. The lowest BCUT2D eigenvalue weighted by Crippen LogP contribution is -2.47. The van der Waals surface area contributed by atoms with E-state index in [-0.39, 0.29) is 6.54 Å². The smallest absolute Gasteiger partial charge is 0.328 e. The quantitative estimate of drug-likeness (QED) is 0.366. The lowest BCUT2D eigenvalue weighted by molar-refractivity contribution is -0.131. The van der Waals surface area contributed by atoms with Crippen molar-refractivity contribution in [2.45, 2.75) is 6.17 Å². The fourth-order valence-electron chi connectivity index (χ4n) is 4.19. The van der Waals surface area contributed by atoms with E-state index in [1.54, 1.807) is 18.2 Å². The molecular weight excluding hydrogens is 456 g/mol. The number of nitrogens with zero attached hydrogens (tertiary/aromatic N) is 2. The fourth-order valence-corrected chi connectivity index (χ4v) is 4.19. The van der Waals surface area contributed by atoms with Gasteiger partial charge in [0, 0.05) is 34.7 Å². The zero-order valence-corrected chi connectivity index (χ0v) is 19.1. The Labute approximate surface area is 206 Å². The van der Waals surface area contributed by atoms with Crippen molar-refractivity contribution in [3.05, 3.63) is 114 Å². The number of aliphatic carboxylic acids is 1. The second-order valence-corrected chi connectivity index (χ2v) is 8.20. The highest BCUT2D eigenvalue weighted by Crippen LogP contribution is 2.28. The maximum Gasteiger partial charge on any atom is 0.328 e. The molecule has 0 radical (unpaired) electrons. The monoisotopic (exact) mass is 478 g/mol. The van der Waals surface area contributed by atoms with Gasteiger partial charge in [0.1, 0.15) is 5.69 Å². The van der Waals surface area contributed by atoms with Crippen molar-refractivity contribution in [3.8, 4) is 0 Å². The molecule has 3 aromatic carbocycles. The number of H-pyrrole nitrogens is 1.